The van der Waals surface area contributed by atoms with Gasteiger partial charge in [0, 0.05) is 21.8 Å². The van der Waals surface area contributed by atoms with Crippen molar-refractivity contribution in [3.8, 4) is 11.5 Å². The minimum absolute atomic E-state index is 0.205. The van der Waals surface area contributed by atoms with Crippen LogP contribution in [0.1, 0.15) is 22.3 Å². The largest absolute Gasteiger partial charge is 0.493 e. The number of aryl methyl sites for hydroxylation is 2. The zero-order valence-electron chi connectivity index (χ0n) is 17.2. The first-order valence-electron chi connectivity index (χ1n) is 9.57. The summed E-state index contributed by atoms with van der Waals surface area (Å²) in [7, 11) is 1.60. The van der Waals surface area contributed by atoms with E-state index in [1.807, 2.05) is 74.5 Å². The van der Waals surface area contributed by atoms with Crippen LogP contribution in [0, 0.1) is 13.8 Å². The van der Waals surface area contributed by atoms with Crippen molar-refractivity contribution >= 4 is 33.6 Å². The summed E-state index contributed by atoms with van der Waals surface area (Å²) in [5, 5.41) is 2.92. The van der Waals surface area contributed by atoms with Gasteiger partial charge in [-0.1, -0.05) is 57.9 Å². The SMILES string of the molecule is COc1cccc(/C=C/C(=O)Nc2ccc(C)cc2C)c1OCc1ccc(Br)cc1. The lowest BCUT2D eigenvalue weighted by molar-refractivity contribution is -0.111. The molecule has 0 aliphatic rings. The molecule has 5 heteroatoms. The summed E-state index contributed by atoms with van der Waals surface area (Å²) in [6, 6.07) is 19.4. The topological polar surface area (TPSA) is 47.6 Å². The van der Waals surface area contributed by atoms with E-state index in [1.165, 1.54) is 6.08 Å². The van der Waals surface area contributed by atoms with Crippen LogP contribution in [-0.2, 0) is 11.4 Å². The lowest BCUT2D eigenvalue weighted by atomic mass is 10.1. The van der Waals surface area contributed by atoms with E-state index in [1.54, 1.807) is 13.2 Å². The fourth-order valence-electron chi connectivity index (χ4n) is 3.01. The highest BCUT2D eigenvalue weighted by atomic mass is 79.9. The van der Waals surface area contributed by atoms with Gasteiger partial charge in [0.15, 0.2) is 11.5 Å². The Morgan fingerprint density at radius 2 is 1.83 bits per heavy atom. The summed E-state index contributed by atoms with van der Waals surface area (Å²) in [5.41, 5.74) is 4.78. The molecule has 30 heavy (non-hydrogen) atoms. The first kappa shape index (κ1) is 21.7. The van der Waals surface area contributed by atoms with E-state index in [2.05, 4.69) is 21.2 Å². The third-order valence-electron chi connectivity index (χ3n) is 4.58. The number of carbonyl (C=O) groups is 1. The van der Waals surface area contributed by atoms with Gasteiger partial charge in [-0.05, 0) is 55.3 Å². The minimum Gasteiger partial charge on any atom is -0.493 e. The smallest absolute Gasteiger partial charge is 0.248 e. The number of para-hydroxylation sites is 1. The maximum atomic E-state index is 12.4. The third-order valence-corrected chi connectivity index (χ3v) is 5.11. The molecule has 0 radical (unpaired) electrons. The summed E-state index contributed by atoms with van der Waals surface area (Å²) < 4.78 is 12.5. The average Bonchev–Trinajstić information content (AvgIpc) is 2.74. The number of rotatable bonds is 7. The van der Waals surface area contributed by atoms with Crippen molar-refractivity contribution < 1.29 is 14.3 Å². The standard InChI is InChI=1S/C25H24BrNO3/c1-17-7-13-22(18(2)15-17)27-24(28)14-10-20-5-4-6-23(29-3)25(20)30-16-19-8-11-21(26)12-9-19/h4-15H,16H2,1-3H3,(H,27,28)/b14-10+. The van der Waals surface area contributed by atoms with Crippen LogP contribution in [-0.4, -0.2) is 13.0 Å². The molecule has 3 aromatic rings. The number of carbonyl (C=O) groups excluding carboxylic acids is 1. The Balaban J connectivity index is 1.75. The van der Waals surface area contributed by atoms with Crippen molar-refractivity contribution in [2.75, 3.05) is 12.4 Å². The Morgan fingerprint density at radius 3 is 2.53 bits per heavy atom. The number of nitrogens with one attached hydrogen (secondary N) is 1. The Morgan fingerprint density at radius 1 is 1.07 bits per heavy atom. The van der Waals surface area contributed by atoms with Crippen LogP contribution in [0.4, 0.5) is 5.69 Å². The van der Waals surface area contributed by atoms with E-state index in [9.17, 15) is 4.79 Å². The van der Waals surface area contributed by atoms with E-state index in [-0.39, 0.29) is 5.91 Å². The molecule has 0 aliphatic heterocycles. The monoisotopic (exact) mass is 465 g/mol. The van der Waals surface area contributed by atoms with Crippen molar-refractivity contribution in [3.63, 3.8) is 0 Å². The molecule has 0 spiro atoms. The highest BCUT2D eigenvalue weighted by Gasteiger charge is 2.10. The molecular formula is C25H24BrNO3. The molecule has 0 saturated carbocycles. The second-order valence-corrected chi connectivity index (χ2v) is 7.85. The number of halogens is 1. The number of benzene rings is 3. The summed E-state index contributed by atoms with van der Waals surface area (Å²) in [6.45, 7) is 4.39. The predicted molar refractivity (Wildman–Crippen MR) is 125 cm³/mol. The highest BCUT2D eigenvalue weighted by molar-refractivity contribution is 9.10. The second-order valence-electron chi connectivity index (χ2n) is 6.93. The molecule has 4 nitrogen and oxygen atoms in total. The van der Waals surface area contributed by atoms with Crippen LogP contribution < -0.4 is 14.8 Å². The van der Waals surface area contributed by atoms with Crippen molar-refractivity contribution in [1.29, 1.82) is 0 Å². The summed E-state index contributed by atoms with van der Waals surface area (Å²) in [6.07, 6.45) is 3.23. The molecule has 3 aromatic carbocycles. The molecular weight excluding hydrogens is 442 g/mol. The molecule has 0 aromatic heterocycles. The maximum Gasteiger partial charge on any atom is 0.248 e. The molecule has 154 valence electrons. The van der Waals surface area contributed by atoms with E-state index >= 15 is 0 Å². The Labute approximate surface area is 185 Å². The van der Waals surface area contributed by atoms with Gasteiger partial charge in [-0.25, -0.2) is 0 Å². The van der Waals surface area contributed by atoms with Crippen LogP contribution in [0.15, 0.2) is 71.2 Å². The zero-order chi connectivity index (χ0) is 21.5. The van der Waals surface area contributed by atoms with Gasteiger partial charge in [0.2, 0.25) is 5.91 Å². The van der Waals surface area contributed by atoms with Gasteiger partial charge in [-0.2, -0.15) is 0 Å². The lowest BCUT2D eigenvalue weighted by Crippen LogP contribution is -2.09. The van der Waals surface area contributed by atoms with E-state index in [4.69, 9.17) is 9.47 Å². The normalized spacial score (nSPS) is 10.8. The Bertz CT molecular complexity index is 1060. The van der Waals surface area contributed by atoms with Gasteiger partial charge in [-0.15, -0.1) is 0 Å². The maximum absolute atomic E-state index is 12.4. The van der Waals surface area contributed by atoms with Crippen LogP contribution in [0.2, 0.25) is 0 Å². The number of methoxy groups -OCH3 is 1. The van der Waals surface area contributed by atoms with E-state index < -0.39 is 0 Å². The van der Waals surface area contributed by atoms with E-state index in [0.29, 0.717) is 18.1 Å². The molecule has 1 N–H and O–H groups in total. The molecule has 0 fully saturated rings. The van der Waals surface area contributed by atoms with Crippen molar-refractivity contribution in [3.05, 3.63) is 93.5 Å². The van der Waals surface area contributed by atoms with Gasteiger partial charge in [0.25, 0.3) is 0 Å². The van der Waals surface area contributed by atoms with Crippen LogP contribution in [0.5, 0.6) is 11.5 Å². The highest BCUT2D eigenvalue weighted by Crippen LogP contribution is 2.33. The Kier molecular flexibility index (Phi) is 7.31. The molecule has 0 unspecified atom stereocenters. The number of hydrogen-bond donors (Lipinski definition) is 1. The van der Waals surface area contributed by atoms with Gasteiger partial charge in [0.1, 0.15) is 6.61 Å². The lowest BCUT2D eigenvalue weighted by Gasteiger charge is -2.13. The fourth-order valence-corrected chi connectivity index (χ4v) is 3.27. The molecule has 3 rings (SSSR count). The second kappa shape index (κ2) is 10.1. The average molecular weight is 466 g/mol. The van der Waals surface area contributed by atoms with Crippen LogP contribution in [0.3, 0.4) is 0 Å². The van der Waals surface area contributed by atoms with Crippen LogP contribution in [0.25, 0.3) is 6.08 Å². The number of hydrogen-bond acceptors (Lipinski definition) is 3. The fraction of sp³-hybridized carbons (Fsp3) is 0.160. The number of amides is 1. The molecule has 0 heterocycles. The molecule has 0 aliphatic carbocycles. The first-order chi connectivity index (χ1) is 14.5. The molecule has 0 saturated heterocycles. The van der Waals surface area contributed by atoms with Gasteiger partial charge in [-0.3, -0.25) is 4.79 Å². The minimum atomic E-state index is -0.205. The van der Waals surface area contributed by atoms with Gasteiger partial charge >= 0.3 is 0 Å². The summed E-state index contributed by atoms with van der Waals surface area (Å²) in [4.78, 5) is 12.4. The Hall–Kier alpha value is -3.05. The molecule has 0 atom stereocenters. The van der Waals surface area contributed by atoms with Crippen molar-refractivity contribution in [2.24, 2.45) is 0 Å². The van der Waals surface area contributed by atoms with Gasteiger partial charge in [0.05, 0.1) is 7.11 Å². The summed E-state index contributed by atoms with van der Waals surface area (Å²) in [5.74, 6) is 1.01. The van der Waals surface area contributed by atoms with E-state index in [0.717, 1.165) is 32.4 Å². The quantitative estimate of drug-likeness (QED) is 0.416. The third kappa shape index (κ3) is 5.74. The number of anilines is 1. The zero-order valence-corrected chi connectivity index (χ0v) is 18.8. The van der Waals surface area contributed by atoms with Crippen LogP contribution >= 0.6 is 15.9 Å². The summed E-state index contributed by atoms with van der Waals surface area (Å²) >= 11 is 3.43. The van der Waals surface area contributed by atoms with Crippen molar-refractivity contribution in [2.45, 2.75) is 20.5 Å². The molecule has 1 amide bonds. The number of ether oxygens (including phenoxy) is 2. The van der Waals surface area contributed by atoms with Gasteiger partial charge < -0.3 is 14.8 Å². The predicted octanol–water partition coefficient (Wildman–Crippen LogP) is 6.31. The first-order valence-corrected chi connectivity index (χ1v) is 10.4. The van der Waals surface area contributed by atoms with Crippen molar-refractivity contribution in [1.82, 2.24) is 0 Å². The molecule has 0 bridgehead atoms.